The van der Waals surface area contributed by atoms with Gasteiger partial charge in [-0.1, -0.05) is 0 Å². The van der Waals surface area contributed by atoms with Crippen LogP contribution in [0.15, 0.2) is 49.3 Å². The summed E-state index contributed by atoms with van der Waals surface area (Å²) in [5, 5.41) is 21.9. The maximum atomic E-state index is 12.5. The minimum Gasteiger partial charge on any atom is -0.394 e. The van der Waals surface area contributed by atoms with Crippen LogP contribution in [0.2, 0.25) is 0 Å². The second-order valence-electron chi connectivity index (χ2n) is 10.0. The van der Waals surface area contributed by atoms with Crippen LogP contribution in [-0.2, 0) is 16.6 Å². The first-order valence-corrected chi connectivity index (χ1v) is 14.3. The molecule has 0 aromatic carbocycles. The molecule has 0 unspecified atom stereocenters. The highest BCUT2D eigenvalue weighted by Gasteiger charge is 2.37. The lowest BCUT2D eigenvalue weighted by molar-refractivity contribution is 0.269. The average molecular weight is 548 g/mol. The van der Waals surface area contributed by atoms with Crippen LogP contribution in [0.3, 0.4) is 0 Å². The summed E-state index contributed by atoms with van der Waals surface area (Å²) < 4.78 is 29.9. The van der Waals surface area contributed by atoms with E-state index in [-0.39, 0.29) is 17.9 Å². The fourth-order valence-electron chi connectivity index (χ4n) is 4.61. The number of hydrogen-bond donors (Lipinski definition) is 2. The molecular weight excluding hydrogens is 518 g/mol. The zero-order valence-electron chi connectivity index (χ0n) is 21.9. The molecular formula is C26H29N9O3S. The van der Waals surface area contributed by atoms with E-state index in [1.807, 2.05) is 25.4 Å². The summed E-state index contributed by atoms with van der Waals surface area (Å²) in [6, 6.07) is 3.90. The Morgan fingerprint density at radius 1 is 1.13 bits per heavy atom. The number of aryl methyl sites for hydroxylation is 1. The molecule has 6 rings (SSSR count). The lowest BCUT2D eigenvalue weighted by Gasteiger charge is -2.10. The van der Waals surface area contributed by atoms with E-state index in [0.717, 1.165) is 31.8 Å². The molecule has 12 nitrogen and oxygen atoms in total. The molecule has 1 saturated carbocycles. The molecule has 5 aromatic heterocycles. The average Bonchev–Trinajstić information content (AvgIpc) is 3.37. The molecule has 0 saturated heterocycles. The van der Waals surface area contributed by atoms with Gasteiger partial charge >= 0.3 is 0 Å². The molecule has 0 atom stereocenters. The monoisotopic (exact) mass is 547 g/mol. The predicted octanol–water partition coefficient (Wildman–Crippen LogP) is 3.52. The molecule has 5 heterocycles. The normalized spacial score (nSPS) is 14.0. The van der Waals surface area contributed by atoms with E-state index in [1.165, 1.54) is 12.4 Å². The van der Waals surface area contributed by atoms with Crippen LogP contribution in [0.25, 0.3) is 33.5 Å². The molecule has 0 spiro atoms. The fourth-order valence-corrected chi connectivity index (χ4v) is 6.09. The van der Waals surface area contributed by atoms with Gasteiger partial charge in [0.15, 0.2) is 5.82 Å². The molecule has 2 N–H and O–H groups in total. The molecule has 5 aromatic rings. The number of rotatable bonds is 9. The van der Waals surface area contributed by atoms with Gasteiger partial charge in [-0.15, -0.1) is 0 Å². The van der Waals surface area contributed by atoms with Gasteiger partial charge in [-0.3, -0.25) is 4.68 Å². The van der Waals surface area contributed by atoms with Crippen LogP contribution in [0.4, 0.5) is 11.6 Å². The maximum Gasteiger partial charge on any atom is 0.256 e. The molecule has 0 amide bonds. The van der Waals surface area contributed by atoms with Gasteiger partial charge in [0, 0.05) is 47.8 Å². The van der Waals surface area contributed by atoms with E-state index in [1.54, 1.807) is 16.9 Å². The summed E-state index contributed by atoms with van der Waals surface area (Å²) in [6.45, 7) is 6.71. The van der Waals surface area contributed by atoms with Gasteiger partial charge in [0.2, 0.25) is 0 Å². The van der Waals surface area contributed by atoms with Gasteiger partial charge in [0.25, 0.3) is 10.0 Å². The largest absolute Gasteiger partial charge is 0.394 e. The summed E-state index contributed by atoms with van der Waals surface area (Å²) in [5.41, 5.74) is 4.37. The molecule has 0 bridgehead atoms. The summed E-state index contributed by atoms with van der Waals surface area (Å²) in [7, 11) is -3.46. The molecule has 1 aliphatic carbocycles. The van der Waals surface area contributed by atoms with Crippen molar-refractivity contribution in [2.24, 2.45) is 0 Å². The topological polar surface area (TPSA) is 146 Å². The van der Waals surface area contributed by atoms with E-state index in [2.05, 4.69) is 55.1 Å². The van der Waals surface area contributed by atoms with Gasteiger partial charge in [-0.05, 0) is 45.2 Å². The SMILES string of the molecule is Cc1cn(CCO)nc1-c1cn(C(C)C)c2cc(Nc3ccnc(-c4cnn(S(=O)(=O)C5CC5)c4)n3)ncc12. The van der Waals surface area contributed by atoms with Crippen molar-refractivity contribution in [3.8, 4) is 22.6 Å². The van der Waals surface area contributed by atoms with Gasteiger partial charge in [-0.2, -0.15) is 14.3 Å². The Balaban J connectivity index is 1.31. The first-order chi connectivity index (χ1) is 18.7. The molecule has 1 fully saturated rings. The van der Waals surface area contributed by atoms with E-state index in [0.29, 0.717) is 42.4 Å². The Hall–Kier alpha value is -4.10. The molecule has 202 valence electrons. The number of aliphatic hydroxyl groups excluding tert-OH is 1. The first kappa shape index (κ1) is 25.2. The van der Waals surface area contributed by atoms with Crippen LogP contribution in [0.5, 0.6) is 0 Å². The van der Waals surface area contributed by atoms with Crippen molar-refractivity contribution in [2.75, 3.05) is 11.9 Å². The first-order valence-electron chi connectivity index (χ1n) is 12.8. The number of aliphatic hydroxyl groups is 1. The van der Waals surface area contributed by atoms with Crippen molar-refractivity contribution in [3.63, 3.8) is 0 Å². The Kier molecular flexibility index (Phi) is 6.19. The van der Waals surface area contributed by atoms with Gasteiger partial charge in [-0.25, -0.2) is 23.4 Å². The number of hydrogen-bond acceptors (Lipinski definition) is 9. The Bertz CT molecular complexity index is 1780. The van der Waals surface area contributed by atoms with Gasteiger partial charge in [0.05, 0.1) is 47.6 Å². The molecule has 13 heteroatoms. The summed E-state index contributed by atoms with van der Waals surface area (Å²) in [5.74, 6) is 1.49. The Labute approximate surface area is 225 Å². The highest BCUT2D eigenvalue weighted by atomic mass is 32.2. The van der Waals surface area contributed by atoms with Crippen LogP contribution < -0.4 is 5.32 Å². The molecule has 39 heavy (non-hydrogen) atoms. The smallest absolute Gasteiger partial charge is 0.256 e. The summed E-state index contributed by atoms with van der Waals surface area (Å²) in [6.07, 6.45) is 11.7. The summed E-state index contributed by atoms with van der Waals surface area (Å²) in [4.78, 5) is 13.5. The number of nitrogens with zero attached hydrogens (tertiary/aromatic N) is 8. The van der Waals surface area contributed by atoms with E-state index < -0.39 is 10.0 Å². The molecule has 0 aliphatic heterocycles. The van der Waals surface area contributed by atoms with Crippen molar-refractivity contribution in [3.05, 3.63) is 54.9 Å². The van der Waals surface area contributed by atoms with Crippen LogP contribution in [-0.4, -0.2) is 63.9 Å². The zero-order chi connectivity index (χ0) is 27.3. The van der Waals surface area contributed by atoms with Crippen molar-refractivity contribution < 1.29 is 13.5 Å². The standard InChI is InChI=1S/C26H29N9O3S/c1-16(2)34-15-21(25-17(3)13-33(32-25)8-9-36)20-12-28-24(10-22(20)34)30-23-6-7-27-26(31-23)18-11-29-35(14-18)39(37,38)19-4-5-19/h6-7,10-16,19,36H,4-5,8-9H2,1-3H3,(H,27,28,30,31). The number of aromatic nitrogens is 8. The highest BCUT2D eigenvalue weighted by molar-refractivity contribution is 7.90. The third-order valence-corrected chi connectivity index (χ3v) is 8.78. The van der Waals surface area contributed by atoms with Crippen LogP contribution in [0.1, 0.15) is 38.3 Å². The van der Waals surface area contributed by atoms with Crippen LogP contribution in [0, 0.1) is 6.92 Å². The van der Waals surface area contributed by atoms with E-state index >= 15 is 0 Å². The van der Waals surface area contributed by atoms with Crippen molar-refractivity contribution >= 4 is 32.6 Å². The molecule has 1 aliphatic rings. The van der Waals surface area contributed by atoms with Crippen molar-refractivity contribution in [1.82, 2.24) is 38.5 Å². The third-order valence-electron chi connectivity index (χ3n) is 6.74. The second kappa shape index (κ2) is 9.58. The molecule has 0 radical (unpaired) electrons. The lowest BCUT2D eigenvalue weighted by Crippen LogP contribution is -2.17. The minimum atomic E-state index is -3.46. The highest BCUT2D eigenvalue weighted by Crippen LogP contribution is 2.35. The Morgan fingerprint density at radius 2 is 1.95 bits per heavy atom. The third kappa shape index (κ3) is 4.68. The number of fused-ring (bicyclic) bond motifs is 1. The summed E-state index contributed by atoms with van der Waals surface area (Å²) >= 11 is 0. The van der Waals surface area contributed by atoms with Gasteiger partial charge < -0.3 is 15.0 Å². The minimum absolute atomic E-state index is 0.0254. The maximum absolute atomic E-state index is 12.5. The Morgan fingerprint density at radius 3 is 2.69 bits per heavy atom. The fraction of sp³-hybridized carbons (Fsp3) is 0.346. The number of anilines is 2. The number of pyridine rings is 1. The number of nitrogens with one attached hydrogen (secondary N) is 1. The second-order valence-corrected chi connectivity index (χ2v) is 12.1. The quantitative estimate of drug-likeness (QED) is 0.283. The zero-order valence-corrected chi connectivity index (χ0v) is 22.7. The van der Waals surface area contributed by atoms with Crippen molar-refractivity contribution in [2.45, 2.75) is 51.4 Å². The van der Waals surface area contributed by atoms with Crippen molar-refractivity contribution in [1.29, 1.82) is 0 Å². The van der Waals surface area contributed by atoms with E-state index in [9.17, 15) is 13.5 Å². The van der Waals surface area contributed by atoms with Crippen LogP contribution >= 0.6 is 0 Å². The van der Waals surface area contributed by atoms with E-state index in [4.69, 9.17) is 0 Å². The van der Waals surface area contributed by atoms with Gasteiger partial charge in [0.1, 0.15) is 11.6 Å². The lowest BCUT2D eigenvalue weighted by atomic mass is 10.1. The predicted molar refractivity (Wildman–Crippen MR) is 147 cm³/mol.